The summed E-state index contributed by atoms with van der Waals surface area (Å²) in [4.78, 5) is 2.34. The predicted octanol–water partition coefficient (Wildman–Crippen LogP) is 15.1. The fourth-order valence-electron chi connectivity index (χ4n) is 10.8. The van der Waals surface area contributed by atoms with Gasteiger partial charge in [0.15, 0.2) is 0 Å². The first-order chi connectivity index (χ1) is 29.0. The first-order valence-electron chi connectivity index (χ1n) is 20.8. The second kappa shape index (κ2) is 12.6. The minimum absolute atomic E-state index is 0.165. The third-order valence-corrected chi connectivity index (χ3v) is 13.5. The maximum absolute atomic E-state index is 2.47. The van der Waals surface area contributed by atoms with E-state index >= 15 is 0 Å². The average Bonchev–Trinajstić information content (AvgIpc) is 3.86. The molecule has 1 heteroatoms. The van der Waals surface area contributed by atoms with Crippen LogP contribution in [0.1, 0.15) is 47.2 Å². The Morgan fingerprint density at radius 2 is 0.695 bits per heavy atom. The van der Waals surface area contributed by atoms with Crippen LogP contribution in [0.2, 0.25) is 0 Å². The predicted molar refractivity (Wildman–Crippen MR) is 246 cm³/mol. The number of para-hydroxylation sites is 1. The van der Waals surface area contributed by atoms with E-state index in [-0.39, 0.29) is 10.8 Å². The van der Waals surface area contributed by atoms with E-state index in [1.807, 2.05) is 0 Å². The van der Waals surface area contributed by atoms with Crippen LogP contribution in [-0.2, 0) is 10.8 Å². The van der Waals surface area contributed by atoms with Gasteiger partial charge in [0.2, 0.25) is 0 Å². The van der Waals surface area contributed by atoms with Gasteiger partial charge in [0.1, 0.15) is 0 Å². The summed E-state index contributed by atoms with van der Waals surface area (Å²) in [5.74, 6) is 0. The van der Waals surface area contributed by atoms with Crippen molar-refractivity contribution >= 4 is 17.1 Å². The third-order valence-electron chi connectivity index (χ3n) is 13.5. The molecule has 1 nitrogen and oxygen atoms in total. The zero-order valence-electron chi connectivity index (χ0n) is 33.2. The molecule has 12 rings (SSSR count). The molecular weight excluding hydrogens is 711 g/mol. The first kappa shape index (κ1) is 33.9. The van der Waals surface area contributed by atoms with Crippen LogP contribution in [-0.4, -0.2) is 0 Å². The van der Waals surface area contributed by atoms with E-state index < -0.39 is 0 Å². The molecule has 1 spiro atoms. The number of rotatable bonds is 5. The summed E-state index contributed by atoms with van der Waals surface area (Å²) in [5, 5.41) is 0. The molecule has 59 heavy (non-hydrogen) atoms. The quantitative estimate of drug-likeness (QED) is 0.169. The minimum atomic E-state index is -0.347. The van der Waals surface area contributed by atoms with Gasteiger partial charge in [0.25, 0.3) is 0 Å². The number of hydrogen-bond donors (Lipinski definition) is 0. The second-order valence-corrected chi connectivity index (χ2v) is 16.8. The number of nitrogens with zero attached hydrogens (tertiary/aromatic N) is 1. The van der Waals surface area contributed by atoms with Crippen molar-refractivity contribution in [3.63, 3.8) is 0 Å². The van der Waals surface area contributed by atoms with Crippen molar-refractivity contribution in [1.82, 2.24) is 0 Å². The second-order valence-electron chi connectivity index (χ2n) is 16.8. The molecule has 0 atom stereocenters. The Morgan fingerprint density at radius 3 is 1.31 bits per heavy atom. The Labute approximate surface area is 346 Å². The van der Waals surface area contributed by atoms with E-state index in [0.717, 1.165) is 17.1 Å². The van der Waals surface area contributed by atoms with Crippen molar-refractivity contribution in [3.05, 3.63) is 246 Å². The molecule has 0 fully saturated rings. The highest BCUT2D eigenvalue weighted by atomic mass is 15.1. The summed E-state index contributed by atoms with van der Waals surface area (Å²) in [7, 11) is 0. The van der Waals surface area contributed by atoms with Crippen LogP contribution < -0.4 is 4.90 Å². The molecule has 0 bridgehead atoms. The molecule has 278 valence electrons. The summed E-state index contributed by atoms with van der Waals surface area (Å²) in [6.45, 7) is 4.82. The van der Waals surface area contributed by atoms with Gasteiger partial charge in [-0.3, -0.25) is 0 Å². The van der Waals surface area contributed by atoms with Gasteiger partial charge in [-0.15, -0.1) is 0 Å². The molecule has 0 saturated carbocycles. The Balaban J connectivity index is 0.958. The molecule has 9 aromatic rings. The largest absolute Gasteiger partial charge is 0.311 e. The zero-order chi connectivity index (χ0) is 39.3. The van der Waals surface area contributed by atoms with Crippen LogP contribution in [0.3, 0.4) is 0 Å². The molecule has 0 amide bonds. The molecule has 0 unspecified atom stereocenters. The Morgan fingerprint density at radius 1 is 0.288 bits per heavy atom. The molecule has 0 aromatic heterocycles. The van der Waals surface area contributed by atoms with E-state index in [0.29, 0.717) is 0 Å². The van der Waals surface area contributed by atoms with Gasteiger partial charge in [-0.1, -0.05) is 184 Å². The lowest BCUT2D eigenvalue weighted by molar-refractivity contribution is 0.660. The maximum Gasteiger partial charge on any atom is 0.0725 e. The van der Waals surface area contributed by atoms with Gasteiger partial charge < -0.3 is 4.90 Å². The van der Waals surface area contributed by atoms with Crippen LogP contribution in [0.25, 0.3) is 55.6 Å². The van der Waals surface area contributed by atoms with Crippen LogP contribution >= 0.6 is 0 Å². The zero-order valence-corrected chi connectivity index (χ0v) is 33.2. The van der Waals surface area contributed by atoms with Crippen molar-refractivity contribution in [2.45, 2.75) is 24.7 Å². The summed E-state index contributed by atoms with van der Waals surface area (Å²) in [6.07, 6.45) is 0. The summed E-state index contributed by atoms with van der Waals surface area (Å²) >= 11 is 0. The number of hydrogen-bond acceptors (Lipinski definition) is 1. The highest BCUT2D eigenvalue weighted by molar-refractivity contribution is 6.03. The molecule has 0 aliphatic heterocycles. The van der Waals surface area contributed by atoms with Gasteiger partial charge >= 0.3 is 0 Å². The molecule has 0 radical (unpaired) electrons. The Hall–Kier alpha value is -7.22. The monoisotopic (exact) mass is 751 g/mol. The van der Waals surface area contributed by atoms with Crippen molar-refractivity contribution in [2.75, 3.05) is 4.90 Å². The molecule has 3 aliphatic carbocycles. The number of fused-ring (bicyclic) bond motifs is 14. The van der Waals surface area contributed by atoms with Crippen LogP contribution in [0.4, 0.5) is 17.1 Å². The maximum atomic E-state index is 2.47. The van der Waals surface area contributed by atoms with Crippen molar-refractivity contribution in [2.24, 2.45) is 0 Å². The van der Waals surface area contributed by atoms with E-state index in [1.165, 1.54) is 89.0 Å². The van der Waals surface area contributed by atoms with Gasteiger partial charge in [-0.05, 0) is 131 Å². The lowest BCUT2D eigenvalue weighted by Crippen LogP contribution is -2.26. The van der Waals surface area contributed by atoms with Crippen LogP contribution in [0, 0.1) is 0 Å². The fourth-order valence-corrected chi connectivity index (χ4v) is 10.8. The highest BCUT2D eigenvalue weighted by Gasteiger charge is 2.53. The Kier molecular flexibility index (Phi) is 7.26. The standard InChI is InChI=1S/C58H41N/c1-57(2)52-35-36-53-56(47-21-11-14-24-51(47)58(53)49-22-12-9-19-45(49)46-20-10-13-23-50(46)58)55(52)48-34-29-41(37-54(48)57)40-27-32-44(33-28-40)59(42-17-7-4-8-18-42)43-30-25-39(26-31-43)38-15-5-3-6-16-38/h3-37H,1-2H3. The fraction of sp³-hybridized carbons (Fsp3) is 0.0690. The summed E-state index contributed by atoms with van der Waals surface area (Å²) < 4.78 is 0. The van der Waals surface area contributed by atoms with Crippen molar-refractivity contribution in [1.29, 1.82) is 0 Å². The first-order valence-corrected chi connectivity index (χ1v) is 20.8. The third kappa shape index (κ3) is 4.73. The average molecular weight is 752 g/mol. The van der Waals surface area contributed by atoms with E-state index in [9.17, 15) is 0 Å². The number of benzene rings is 9. The molecule has 3 aliphatic rings. The van der Waals surface area contributed by atoms with Crippen LogP contribution in [0.15, 0.2) is 212 Å². The molecule has 0 saturated heterocycles. The van der Waals surface area contributed by atoms with Gasteiger partial charge in [-0.2, -0.15) is 0 Å². The van der Waals surface area contributed by atoms with Gasteiger partial charge in [0, 0.05) is 22.5 Å². The topological polar surface area (TPSA) is 3.24 Å². The van der Waals surface area contributed by atoms with Gasteiger partial charge in [0.05, 0.1) is 5.41 Å². The van der Waals surface area contributed by atoms with Gasteiger partial charge in [-0.25, -0.2) is 0 Å². The van der Waals surface area contributed by atoms with E-state index in [2.05, 4.69) is 231 Å². The molecule has 9 aromatic carbocycles. The highest BCUT2D eigenvalue weighted by Crippen LogP contribution is 2.66. The smallest absolute Gasteiger partial charge is 0.0725 e. The lowest BCUT2D eigenvalue weighted by Gasteiger charge is -2.31. The summed E-state index contributed by atoms with van der Waals surface area (Å²) in [6, 6.07) is 78.7. The number of anilines is 3. The lowest BCUT2D eigenvalue weighted by atomic mass is 9.70. The Bertz CT molecular complexity index is 3050. The van der Waals surface area contributed by atoms with Crippen molar-refractivity contribution in [3.8, 4) is 55.6 Å². The van der Waals surface area contributed by atoms with E-state index in [1.54, 1.807) is 0 Å². The van der Waals surface area contributed by atoms with Crippen molar-refractivity contribution < 1.29 is 0 Å². The molecular formula is C58H41N. The molecule has 0 heterocycles. The SMILES string of the molecule is CC1(C)c2cc(-c3ccc(N(c4ccccc4)c4ccc(-c5ccccc5)cc4)cc3)ccc2-c2c1ccc1c2-c2ccccc2C12c1ccccc1-c1ccccc12. The minimum Gasteiger partial charge on any atom is -0.311 e. The summed E-state index contributed by atoms with van der Waals surface area (Å²) in [5.41, 5.74) is 24.3. The normalized spacial score (nSPS) is 14.2. The van der Waals surface area contributed by atoms with E-state index in [4.69, 9.17) is 0 Å². The van der Waals surface area contributed by atoms with Crippen LogP contribution in [0.5, 0.6) is 0 Å². The molecule has 0 N–H and O–H groups in total.